The second-order valence-corrected chi connectivity index (χ2v) is 4.19. The maximum absolute atomic E-state index is 5.38. The molecule has 16 heavy (non-hydrogen) atoms. The van der Waals surface area contributed by atoms with E-state index in [0.717, 1.165) is 0 Å². The van der Waals surface area contributed by atoms with Crippen LogP contribution in [0.25, 0.3) is 0 Å². The third kappa shape index (κ3) is 3.72. The molecule has 0 N–H and O–H groups in total. The van der Waals surface area contributed by atoms with Gasteiger partial charge in [-0.1, -0.05) is 56.0 Å². The molecule has 1 nitrogen and oxygen atoms in total. The van der Waals surface area contributed by atoms with Crippen molar-refractivity contribution >= 4 is 0 Å². The van der Waals surface area contributed by atoms with Crippen LogP contribution >= 0.6 is 0 Å². The maximum Gasteiger partial charge on any atom is 0.0601 e. The van der Waals surface area contributed by atoms with Crippen molar-refractivity contribution in [1.82, 2.24) is 4.90 Å². The largest absolute Gasteiger partial charge is 0.288 e. The Kier molecular flexibility index (Phi) is 5.67. The Morgan fingerprint density at radius 1 is 1.31 bits per heavy atom. The monoisotopic (exact) mass is 215 g/mol. The second kappa shape index (κ2) is 7.09. The van der Waals surface area contributed by atoms with E-state index < -0.39 is 0 Å². The molecule has 0 aromatic heterocycles. The molecular formula is C15H21N. The average Bonchev–Trinajstić information content (AvgIpc) is 2.31. The molecular weight excluding hydrogens is 194 g/mol. The van der Waals surface area contributed by atoms with Gasteiger partial charge in [0, 0.05) is 6.04 Å². The van der Waals surface area contributed by atoms with E-state index in [0.29, 0.717) is 12.6 Å². The standard InChI is InChI=1S/C15H21N/c1-4-6-12-15(16(3)13-5-2)14-10-8-7-9-11-14/h2,7-11,15H,4,6,12-13H2,1,3H3. The van der Waals surface area contributed by atoms with Gasteiger partial charge in [-0.2, -0.15) is 0 Å². The number of terminal acetylenes is 1. The Balaban J connectivity index is 2.75. The van der Waals surface area contributed by atoms with Gasteiger partial charge in [0.05, 0.1) is 6.54 Å². The Hall–Kier alpha value is -1.26. The van der Waals surface area contributed by atoms with Crippen molar-refractivity contribution in [2.75, 3.05) is 13.6 Å². The molecule has 1 unspecified atom stereocenters. The summed E-state index contributed by atoms with van der Waals surface area (Å²) in [7, 11) is 2.10. The summed E-state index contributed by atoms with van der Waals surface area (Å²) >= 11 is 0. The van der Waals surface area contributed by atoms with Crippen molar-refractivity contribution in [3.63, 3.8) is 0 Å². The summed E-state index contributed by atoms with van der Waals surface area (Å²) < 4.78 is 0. The zero-order valence-corrected chi connectivity index (χ0v) is 10.3. The van der Waals surface area contributed by atoms with Gasteiger partial charge >= 0.3 is 0 Å². The number of hydrogen-bond donors (Lipinski definition) is 0. The summed E-state index contributed by atoms with van der Waals surface area (Å²) in [6.07, 6.45) is 9.04. The lowest BCUT2D eigenvalue weighted by molar-refractivity contribution is 0.256. The molecule has 0 saturated heterocycles. The Morgan fingerprint density at radius 3 is 2.56 bits per heavy atom. The van der Waals surface area contributed by atoms with Gasteiger partial charge in [-0.15, -0.1) is 6.42 Å². The number of hydrogen-bond acceptors (Lipinski definition) is 1. The van der Waals surface area contributed by atoms with Crippen molar-refractivity contribution < 1.29 is 0 Å². The maximum atomic E-state index is 5.38. The summed E-state index contributed by atoms with van der Waals surface area (Å²) in [6.45, 7) is 2.94. The highest BCUT2D eigenvalue weighted by Crippen LogP contribution is 2.24. The molecule has 1 aromatic carbocycles. The molecule has 0 saturated carbocycles. The molecule has 1 heteroatoms. The molecule has 0 spiro atoms. The minimum Gasteiger partial charge on any atom is -0.288 e. The first-order valence-corrected chi connectivity index (χ1v) is 5.98. The van der Waals surface area contributed by atoms with Crippen LogP contribution in [0.1, 0.15) is 37.8 Å². The Bertz CT molecular complexity index is 323. The normalized spacial score (nSPS) is 12.4. The van der Waals surface area contributed by atoms with Crippen LogP contribution in [-0.4, -0.2) is 18.5 Å². The molecule has 1 rings (SSSR count). The number of rotatable bonds is 6. The smallest absolute Gasteiger partial charge is 0.0601 e. The minimum atomic E-state index is 0.456. The summed E-state index contributed by atoms with van der Waals surface area (Å²) in [5, 5.41) is 0. The third-order valence-electron chi connectivity index (χ3n) is 2.89. The molecule has 0 aliphatic rings. The van der Waals surface area contributed by atoms with Gasteiger partial charge < -0.3 is 0 Å². The van der Waals surface area contributed by atoms with Crippen LogP contribution in [0.2, 0.25) is 0 Å². The molecule has 0 aliphatic heterocycles. The van der Waals surface area contributed by atoms with E-state index in [1.54, 1.807) is 0 Å². The van der Waals surface area contributed by atoms with Gasteiger partial charge in [0.15, 0.2) is 0 Å². The van der Waals surface area contributed by atoms with Gasteiger partial charge in [0.25, 0.3) is 0 Å². The molecule has 1 aromatic rings. The van der Waals surface area contributed by atoms with E-state index in [4.69, 9.17) is 6.42 Å². The van der Waals surface area contributed by atoms with Gasteiger partial charge in [0.2, 0.25) is 0 Å². The fourth-order valence-corrected chi connectivity index (χ4v) is 1.97. The van der Waals surface area contributed by atoms with Gasteiger partial charge in [0.1, 0.15) is 0 Å². The highest BCUT2D eigenvalue weighted by molar-refractivity contribution is 5.19. The lowest BCUT2D eigenvalue weighted by atomic mass is 10.00. The van der Waals surface area contributed by atoms with E-state index in [1.807, 2.05) is 0 Å². The van der Waals surface area contributed by atoms with Crippen LogP contribution in [-0.2, 0) is 0 Å². The predicted molar refractivity (Wildman–Crippen MR) is 70.2 cm³/mol. The summed E-state index contributed by atoms with van der Waals surface area (Å²) in [4.78, 5) is 2.25. The molecule has 0 bridgehead atoms. The van der Waals surface area contributed by atoms with Gasteiger partial charge in [-0.05, 0) is 19.0 Å². The first-order chi connectivity index (χ1) is 7.79. The SMILES string of the molecule is C#CCN(C)C(CCCC)c1ccccc1. The van der Waals surface area contributed by atoms with Crippen LogP contribution in [0, 0.1) is 12.3 Å². The highest BCUT2D eigenvalue weighted by Gasteiger charge is 2.14. The zero-order valence-electron chi connectivity index (χ0n) is 10.3. The van der Waals surface area contributed by atoms with E-state index >= 15 is 0 Å². The summed E-state index contributed by atoms with van der Waals surface area (Å²) in [5.41, 5.74) is 1.37. The second-order valence-electron chi connectivity index (χ2n) is 4.19. The van der Waals surface area contributed by atoms with E-state index in [9.17, 15) is 0 Å². The molecule has 86 valence electrons. The molecule has 0 amide bonds. The molecule has 0 heterocycles. The summed E-state index contributed by atoms with van der Waals surface area (Å²) in [5.74, 6) is 2.72. The van der Waals surface area contributed by atoms with Crippen molar-refractivity contribution in [1.29, 1.82) is 0 Å². The van der Waals surface area contributed by atoms with E-state index in [-0.39, 0.29) is 0 Å². The fourth-order valence-electron chi connectivity index (χ4n) is 1.97. The van der Waals surface area contributed by atoms with Crippen molar-refractivity contribution in [3.05, 3.63) is 35.9 Å². The van der Waals surface area contributed by atoms with Gasteiger partial charge in [-0.3, -0.25) is 4.90 Å². The van der Waals surface area contributed by atoms with Crippen molar-refractivity contribution in [2.45, 2.75) is 32.2 Å². The lowest BCUT2D eigenvalue weighted by Crippen LogP contribution is -2.25. The fraction of sp³-hybridized carbons (Fsp3) is 0.467. The topological polar surface area (TPSA) is 3.24 Å². The van der Waals surface area contributed by atoms with Crippen LogP contribution in [0.5, 0.6) is 0 Å². The average molecular weight is 215 g/mol. The van der Waals surface area contributed by atoms with Crippen LogP contribution in [0.3, 0.4) is 0 Å². The van der Waals surface area contributed by atoms with Crippen LogP contribution in [0.15, 0.2) is 30.3 Å². The van der Waals surface area contributed by atoms with Crippen LogP contribution in [0.4, 0.5) is 0 Å². The Labute approximate surface area is 99.5 Å². The first kappa shape index (κ1) is 12.8. The lowest BCUT2D eigenvalue weighted by Gasteiger charge is -2.26. The van der Waals surface area contributed by atoms with Crippen molar-refractivity contribution in [3.8, 4) is 12.3 Å². The van der Waals surface area contributed by atoms with Crippen LogP contribution < -0.4 is 0 Å². The molecule has 0 radical (unpaired) electrons. The first-order valence-electron chi connectivity index (χ1n) is 5.98. The van der Waals surface area contributed by atoms with E-state index in [1.165, 1.54) is 24.8 Å². The molecule has 0 aliphatic carbocycles. The molecule has 0 fully saturated rings. The number of unbranched alkanes of at least 4 members (excludes halogenated alkanes) is 1. The van der Waals surface area contributed by atoms with Gasteiger partial charge in [-0.25, -0.2) is 0 Å². The van der Waals surface area contributed by atoms with E-state index in [2.05, 4.69) is 55.1 Å². The highest BCUT2D eigenvalue weighted by atomic mass is 15.1. The number of nitrogens with zero attached hydrogens (tertiary/aromatic N) is 1. The summed E-state index contributed by atoms with van der Waals surface area (Å²) in [6, 6.07) is 11.1. The van der Waals surface area contributed by atoms with Crippen molar-refractivity contribution in [2.24, 2.45) is 0 Å². The predicted octanol–water partition coefficient (Wildman–Crippen LogP) is 3.48. The molecule has 1 atom stereocenters. The Morgan fingerprint density at radius 2 is 2.00 bits per heavy atom. The third-order valence-corrected chi connectivity index (χ3v) is 2.89. The number of benzene rings is 1. The quantitative estimate of drug-likeness (QED) is 0.657. The minimum absolute atomic E-state index is 0.456. The zero-order chi connectivity index (χ0) is 11.8.